The third-order valence-electron chi connectivity index (χ3n) is 3.74. The summed E-state index contributed by atoms with van der Waals surface area (Å²) in [6.45, 7) is 7.01. The van der Waals surface area contributed by atoms with Gasteiger partial charge in [-0.1, -0.05) is 13.0 Å². The number of nitrogens with two attached hydrogens (primary N) is 1. The van der Waals surface area contributed by atoms with Crippen molar-refractivity contribution in [2.75, 3.05) is 13.1 Å². The molecule has 4 nitrogen and oxygen atoms in total. The van der Waals surface area contributed by atoms with Crippen molar-refractivity contribution in [2.24, 2.45) is 11.7 Å². The average Bonchev–Trinajstić information content (AvgIpc) is 3.04. The molecular weight excluding hydrogens is 258 g/mol. The van der Waals surface area contributed by atoms with E-state index in [4.69, 9.17) is 10.2 Å². The molecule has 1 fully saturated rings. The van der Waals surface area contributed by atoms with E-state index in [2.05, 4.69) is 16.8 Å². The molecule has 0 aliphatic carbocycles. The molecule has 1 saturated heterocycles. The second-order valence-corrected chi connectivity index (χ2v) is 6.28. The summed E-state index contributed by atoms with van der Waals surface area (Å²) in [6, 6.07) is 4.33. The van der Waals surface area contributed by atoms with Gasteiger partial charge in [-0.25, -0.2) is 4.98 Å². The zero-order valence-electron chi connectivity index (χ0n) is 11.3. The first kappa shape index (κ1) is 12.8. The quantitative estimate of drug-likeness (QED) is 0.936. The smallest absolute Gasteiger partial charge is 0.236 e. The van der Waals surface area contributed by atoms with E-state index in [-0.39, 0.29) is 6.04 Å². The molecule has 2 N–H and O–H groups in total. The van der Waals surface area contributed by atoms with Crippen LogP contribution in [-0.4, -0.2) is 29.0 Å². The van der Waals surface area contributed by atoms with E-state index in [1.165, 1.54) is 0 Å². The standard InChI is InChI=1S/C14H19N3OS/c1-9-6-17(7-11(9)15)8-12-10(2)18-14(16-12)13-4-3-5-19-13/h3-5,9,11H,6-8,15H2,1-2H3. The molecule has 0 aromatic carbocycles. The van der Waals surface area contributed by atoms with Crippen LogP contribution in [0.3, 0.4) is 0 Å². The SMILES string of the molecule is Cc1oc(-c2cccs2)nc1CN1CC(C)C(N)C1. The van der Waals surface area contributed by atoms with Crippen LogP contribution in [-0.2, 0) is 6.54 Å². The molecule has 2 atom stereocenters. The largest absolute Gasteiger partial charge is 0.440 e. The van der Waals surface area contributed by atoms with Crippen molar-refractivity contribution < 1.29 is 4.42 Å². The Labute approximate surface area is 117 Å². The summed E-state index contributed by atoms with van der Waals surface area (Å²) in [5.74, 6) is 2.21. The van der Waals surface area contributed by atoms with Gasteiger partial charge >= 0.3 is 0 Å². The van der Waals surface area contributed by atoms with Gasteiger partial charge in [0.25, 0.3) is 0 Å². The minimum absolute atomic E-state index is 0.281. The third-order valence-corrected chi connectivity index (χ3v) is 4.60. The summed E-state index contributed by atoms with van der Waals surface area (Å²) in [5, 5.41) is 2.04. The van der Waals surface area contributed by atoms with Gasteiger partial charge in [0.2, 0.25) is 5.89 Å². The van der Waals surface area contributed by atoms with Crippen molar-refractivity contribution in [2.45, 2.75) is 26.4 Å². The minimum Gasteiger partial charge on any atom is -0.440 e. The van der Waals surface area contributed by atoms with Gasteiger partial charge < -0.3 is 10.2 Å². The monoisotopic (exact) mass is 277 g/mol. The van der Waals surface area contributed by atoms with E-state index in [1.807, 2.05) is 24.4 Å². The fraction of sp³-hybridized carbons (Fsp3) is 0.500. The maximum Gasteiger partial charge on any atom is 0.236 e. The van der Waals surface area contributed by atoms with Crippen LogP contribution < -0.4 is 5.73 Å². The van der Waals surface area contributed by atoms with Crippen molar-refractivity contribution in [1.82, 2.24) is 9.88 Å². The van der Waals surface area contributed by atoms with Crippen molar-refractivity contribution in [3.63, 3.8) is 0 Å². The van der Waals surface area contributed by atoms with Gasteiger partial charge in [-0.3, -0.25) is 4.90 Å². The molecule has 0 radical (unpaired) electrons. The summed E-state index contributed by atoms with van der Waals surface area (Å²) in [6.07, 6.45) is 0. The highest BCUT2D eigenvalue weighted by Gasteiger charge is 2.27. The Balaban J connectivity index is 1.75. The molecule has 2 aromatic rings. The van der Waals surface area contributed by atoms with Crippen LogP contribution in [0.25, 0.3) is 10.8 Å². The summed E-state index contributed by atoms with van der Waals surface area (Å²) < 4.78 is 5.76. The fourth-order valence-electron chi connectivity index (χ4n) is 2.52. The van der Waals surface area contributed by atoms with Crippen LogP contribution in [0.2, 0.25) is 0 Å². The van der Waals surface area contributed by atoms with Crippen LogP contribution >= 0.6 is 11.3 Å². The first-order chi connectivity index (χ1) is 9.13. The van der Waals surface area contributed by atoms with Crippen molar-refractivity contribution >= 4 is 11.3 Å². The Bertz CT molecular complexity index is 539. The summed E-state index contributed by atoms with van der Waals surface area (Å²) >= 11 is 1.65. The zero-order chi connectivity index (χ0) is 13.4. The molecule has 2 unspecified atom stereocenters. The van der Waals surface area contributed by atoms with E-state index < -0.39 is 0 Å². The molecule has 1 aliphatic heterocycles. The molecule has 1 aliphatic rings. The Kier molecular flexibility index (Phi) is 3.43. The van der Waals surface area contributed by atoms with Gasteiger partial charge in [0.15, 0.2) is 0 Å². The predicted molar refractivity (Wildman–Crippen MR) is 77.0 cm³/mol. The highest BCUT2D eigenvalue weighted by Crippen LogP contribution is 2.27. The molecule has 3 rings (SSSR count). The summed E-state index contributed by atoms with van der Waals surface area (Å²) in [5.41, 5.74) is 7.09. The third kappa shape index (κ3) is 2.59. The Morgan fingerprint density at radius 3 is 3.00 bits per heavy atom. The van der Waals surface area contributed by atoms with Crippen LogP contribution in [0.5, 0.6) is 0 Å². The van der Waals surface area contributed by atoms with E-state index in [0.29, 0.717) is 5.92 Å². The molecule has 2 aromatic heterocycles. The molecule has 0 amide bonds. The van der Waals surface area contributed by atoms with Crippen LogP contribution in [0.4, 0.5) is 0 Å². The molecule has 102 valence electrons. The first-order valence-corrected chi connectivity index (χ1v) is 7.49. The molecule has 3 heterocycles. The Hall–Kier alpha value is -1.17. The number of aryl methyl sites for hydroxylation is 1. The van der Waals surface area contributed by atoms with E-state index in [9.17, 15) is 0 Å². The minimum atomic E-state index is 0.281. The predicted octanol–water partition coefficient (Wildman–Crippen LogP) is 2.49. The highest BCUT2D eigenvalue weighted by molar-refractivity contribution is 7.13. The molecule has 0 saturated carbocycles. The van der Waals surface area contributed by atoms with Crippen molar-refractivity contribution in [3.8, 4) is 10.8 Å². The maximum atomic E-state index is 6.06. The van der Waals surface area contributed by atoms with Gasteiger partial charge in [-0.05, 0) is 24.3 Å². The molecule has 19 heavy (non-hydrogen) atoms. The van der Waals surface area contributed by atoms with Gasteiger partial charge in [0.1, 0.15) is 5.76 Å². The van der Waals surface area contributed by atoms with Gasteiger partial charge in [0, 0.05) is 25.7 Å². The van der Waals surface area contributed by atoms with Crippen LogP contribution in [0, 0.1) is 12.8 Å². The number of aromatic nitrogens is 1. The van der Waals surface area contributed by atoms with Crippen LogP contribution in [0.1, 0.15) is 18.4 Å². The lowest BCUT2D eigenvalue weighted by atomic mass is 10.1. The summed E-state index contributed by atoms with van der Waals surface area (Å²) in [7, 11) is 0. The molecule has 0 bridgehead atoms. The summed E-state index contributed by atoms with van der Waals surface area (Å²) in [4.78, 5) is 8.07. The zero-order valence-corrected chi connectivity index (χ0v) is 12.1. The topological polar surface area (TPSA) is 55.3 Å². The normalized spacial score (nSPS) is 24.2. The molecular formula is C14H19N3OS. The van der Waals surface area contributed by atoms with Crippen molar-refractivity contribution in [3.05, 3.63) is 29.0 Å². The van der Waals surface area contributed by atoms with Crippen molar-refractivity contribution in [1.29, 1.82) is 0 Å². The highest BCUT2D eigenvalue weighted by atomic mass is 32.1. The fourth-order valence-corrected chi connectivity index (χ4v) is 3.17. The Morgan fingerprint density at radius 2 is 2.37 bits per heavy atom. The lowest BCUT2D eigenvalue weighted by Crippen LogP contribution is -2.28. The lowest BCUT2D eigenvalue weighted by molar-refractivity contribution is 0.313. The van der Waals surface area contributed by atoms with Gasteiger partial charge in [0.05, 0.1) is 10.6 Å². The second-order valence-electron chi connectivity index (χ2n) is 5.33. The maximum absolute atomic E-state index is 6.06. The number of likely N-dealkylation sites (tertiary alicyclic amines) is 1. The van der Waals surface area contributed by atoms with E-state index >= 15 is 0 Å². The van der Waals surface area contributed by atoms with E-state index in [1.54, 1.807) is 11.3 Å². The number of oxazole rings is 1. The van der Waals surface area contributed by atoms with Gasteiger partial charge in [-0.2, -0.15) is 0 Å². The molecule has 0 spiro atoms. The lowest BCUT2D eigenvalue weighted by Gasteiger charge is -2.13. The first-order valence-electron chi connectivity index (χ1n) is 6.61. The number of hydrogen-bond acceptors (Lipinski definition) is 5. The van der Waals surface area contributed by atoms with E-state index in [0.717, 1.165) is 41.9 Å². The second kappa shape index (κ2) is 5.07. The number of thiophene rings is 1. The van der Waals surface area contributed by atoms with Crippen LogP contribution in [0.15, 0.2) is 21.9 Å². The number of nitrogens with zero attached hydrogens (tertiary/aromatic N) is 2. The number of rotatable bonds is 3. The average molecular weight is 277 g/mol. The van der Waals surface area contributed by atoms with Gasteiger partial charge in [-0.15, -0.1) is 11.3 Å². The number of hydrogen-bond donors (Lipinski definition) is 1. The Morgan fingerprint density at radius 1 is 1.53 bits per heavy atom. The molecule has 5 heteroatoms.